The zero-order valence-corrected chi connectivity index (χ0v) is 11.1. The molecule has 0 aromatic carbocycles. The zero-order chi connectivity index (χ0) is 10.7. The first-order chi connectivity index (χ1) is 7.25. The molecule has 1 aromatic rings. The Hall–Kier alpha value is -0.140. The lowest BCUT2D eigenvalue weighted by molar-refractivity contribution is 0.0696. The van der Waals surface area contributed by atoms with E-state index in [1.54, 1.807) is 11.3 Å². The van der Waals surface area contributed by atoms with E-state index in [9.17, 15) is 4.79 Å². The van der Waals surface area contributed by atoms with Crippen LogP contribution in [-0.4, -0.2) is 25.2 Å². The van der Waals surface area contributed by atoms with Gasteiger partial charge in [0.2, 0.25) is 0 Å². The first kappa shape index (κ1) is 11.3. The number of hydrogen-bond acceptors (Lipinski definition) is 3. The molecule has 15 heavy (non-hydrogen) atoms. The Balaban J connectivity index is 1.91. The van der Waals surface area contributed by atoms with Gasteiger partial charge < -0.3 is 10.1 Å². The predicted molar refractivity (Wildman–Crippen MR) is 68.3 cm³/mol. The highest BCUT2D eigenvalue weighted by atomic mass is 127. The Morgan fingerprint density at radius 3 is 2.87 bits per heavy atom. The normalized spacial score (nSPS) is 17.7. The standard InChI is InChI=1S/C10H12INO2S/c11-9-5-7(6-15-9)10(13)12-8-1-3-14-4-2-8/h5-6,8H,1-4H2,(H,12,13). The lowest BCUT2D eigenvalue weighted by Crippen LogP contribution is -2.38. The summed E-state index contributed by atoms with van der Waals surface area (Å²) in [6.45, 7) is 1.51. The maximum atomic E-state index is 11.8. The van der Waals surface area contributed by atoms with E-state index in [1.165, 1.54) is 0 Å². The lowest BCUT2D eigenvalue weighted by Gasteiger charge is -2.22. The summed E-state index contributed by atoms with van der Waals surface area (Å²) in [5.41, 5.74) is 0.774. The first-order valence-corrected chi connectivity index (χ1v) is 6.84. The monoisotopic (exact) mass is 337 g/mol. The molecular weight excluding hydrogens is 325 g/mol. The summed E-state index contributed by atoms with van der Waals surface area (Å²) in [6, 6.07) is 2.20. The van der Waals surface area contributed by atoms with Gasteiger partial charge in [0.1, 0.15) is 0 Å². The number of thiophene rings is 1. The highest BCUT2D eigenvalue weighted by Gasteiger charge is 2.17. The number of halogens is 1. The molecule has 2 rings (SSSR count). The summed E-state index contributed by atoms with van der Waals surface area (Å²) < 4.78 is 6.38. The Kier molecular flexibility index (Phi) is 3.99. The van der Waals surface area contributed by atoms with Crippen molar-refractivity contribution >= 4 is 39.8 Å². The second kappa shape index (κ2) is 5.27. The number of carbonyl (C=O) groups excluding carboxylic acids is 1. The molecule has 82 valence electrons. The van der Waals surface area contributed by atoms with E-state index in [1.807, 2.05) is 11.4 Å². The minimum Gasteiger partial charge on any atom is -0.381 e. The fraction of sp³-hybridized carbons (Fsp3) is 0.500. The molecule has 0 atom stereocenters. The van der Waals surface area contributed by atoms with Gasteiger partial charge >= 0.3 is 0 Å². The maximum absolute atomic E-state index is 11.8. The quantitative estimate of drug-likeness (QED) is 0.841. The predicted octanol–water partition coefficient (Wildman–Crippen LogP) is 2.26. The van der Waals surface area contributed by atoms with Crippen LogP contribution in [0.5, 0.6) is 0 Å². The summed E-state index contributed by atoms with van der Waals surface area (Å²) in [5.74, 6) is 0.0427. The second-order valence-corrected chi connectivity index (χ2v) is 6.31. The average molecular weight is 337 g/mol. The van der Waals surface area contributed by atoms with Crippen LogP contribution >= 0.6 is 33.9 Å². The lowest BCUT2D eigenvalue weighted by atomic mass is 10.1. The molecule has 1 aliphatic heterocycles. The summed E-state index contributed by atoms with van der Waals surface area (Å²) in [4.78, 5) is 11.8. The van der Waals surface area contributed by atoms with E-state index < -0.39 is 0 Å². The third kappa shape index (κ3) is 3.15. The van der Waals surface area contributed by atoms with Crippen LogP contribution in [-0.2, 0) is 4.74 Å². The Bertz CT molecular complexity index is 347. The van der Waals surface area contributed by atoms with Crippen LogP contribution < -0.4 is 5.32 Å². The molecule has 0 aliphatic carbocycles. The van der Waals surface area contributed by atoms with Crippen molar-refractivity contribution < 1.29 is 9.53 Å². The molecule has 0 radical (unpaired) electrons. The van der Waals surface area contributed by atoms with Crippen molar-refractivity contribution in [3.8, 4) is 0 Å². The van der Waals surface area contributed by atoms with Crippen molar-refractivity contribution in [3.05, 3.63) is 19.9 Å². The van der Waals surface area contributed by atoms with Crippen LogP contribution in [0.25, 0.3) is 0 Å². The van der Waals surface area contributed by atoms with Crippen molar-refractivity contribution in [1.29, 1.82) is 0 Å². The van der Waals surface area contributed by atoms with Gasteiger partial charge in [-0.25, -0.2) is 0 Å². The molecule has 1 aromatic heterocycles. The van der Waals surface area contributed by atoms with Crippen molar-refractivity contribution in [1.82, 2.24) is 5.32 Å². The number of carbonyl (C=O) groups is 1. The van der Waals surface area contributed by atoms with Gasteiger partial charge in [0.15, 0.2) is 0 Å². The van der Waals surface area contributed by atoms with E-state index in [4.69, 9.17) is 4.74 Å². The fourth-order valence-electron chi connectivity index (χ4n) is 1.54. The van der Waals surface area contributed by atoms with Gasteiger partial charge in [0.05, 0.1) is 8.45 Å². The largest absolute Gasteiger partial charge is 0.381 e. The highest BCUT2D eigenvalue weighted by Crippen LogP contribution is 2.17. The van der Waals surface area contributed by atoms with Gasteiger partial charge in [-0.05, 0) is 41.5 Å². The van der Waals surface area contributed by atoms with E-state index in [0.29, 0.717) is 0 Å². The molecule has 1 fully saturated rings. The minimum absolute atomic E-state index is 0.0427. The zero-order valence-electron chi connectivity index (χ0n) is 8.16. The van der Waals surface area contributed by atoms with Gasteiger partial charge in [-0.2, -0.15) is 0 Å². The Morgan fingerprint density at radius 2 is 2.27 bits per heavy atom. The van der Waals surface area contributed by atoms with Crippen LogP contribution in [0.4, 0.5) is 0 Å². The second-order valence-electron chi connectivity index (χ2n) is 3.50. The third-order valence-electron chi connectivity index (χ3n) is 2.39. The number of nitrogens with one attached hydrogen (secondary N) is 1. The summed E-state index contributed by atoms with van der Waals surface area (Å²) in [6.07, 6.45) is 1.85. The van der Waals surface area contributed by atoms with Gasteiger partial charge in [-0.3, -0.25) is 4.79 Å². The van der Waals surface area contributed by atoms with Crippen molar-refractivity contribution in [2.45, 2.75) is 18.9 Å². The summed E-state index contributed by atoms with van der Waals surface area (Å²) >= 11 is 3.82. The average Bonchev–Trinajstić information content (AvgIpc) is 2.66. The molecule has 1 saturated heterocycles. The Labute approximate surface area is 106 Å². The van der Waals surface area contributed by atoms with E-state index in [-0.39, 0.29) is 11.9 Å². The van der Waals surface area contributed by atoms with E-state index >= 15 is 0 Å². The van der Waals surface area contributed by atoms with Gasteiger partial charge in [-0.1, -0.05) is 0 Å². The van der Waals surface area contributed by atoms with Crippen molar-refractivity contribution in [2.24, 2.45) is 0 Å². The first-order valence-electron chi connectivity index (χ1n) is 4.88. The molecule has 0 spiro atoms. The van der Waals surface area contributed by atoms with Crippen LogP contribution in [0, 0.1) is 2.88 Å². The van der Waals surface area contributed by atoms with Crippen LogP contribution in [0.15, 0.2) is 11.4 Å². The molecule has 0 bridgehead atoms. The number of ether oxygens (including phenoxy) is 1. The molecule has 1 aliphatic rings. The topological polar surface area (TPSA) is 38.3 Å². The molecule has 0 saturated carbocycles. The smallest absolute Gasteiger partial charge is 0.252 e. The molecule has 0 unspecified atom stereocenters. The van der Waals surface area contributed by atoms with Crippen LogP contribution in [0.3, 0.4) is 0 Å². The molecule has 3 nitrogen and oxygen atoms in total. The van der Waals surface area contributed by atoms with Crippen LogP contribution in [0.2, 0.25) is 0 Å². The SMILES string of the molecule is O=C(NC1CCOCC1)c1csc(I)c1. The maximum Gasteiger partial charge on any atom is 0.252 e. The molecule has 5 heteroatoms. The van der Waals surface area contributed by atoms with Gasteiger partial charge in [0.25, 0.3) is 5.91 Å². The van der Waals surface area contributed by atoms with Gasteiger partial charge in [-0.15, -0.1) is 11.3 Å². The third-order valence-corrected chi connectivity index (χ3v) is 4.18. The highest BCUT2D eigenvalue weighted by molar-refractivity contribution is 14.1. The fourth-order valence-corrected chi connectivity index (χ4v) is 2.87. The number of hydrogen-bond donors (Lipinski definition) is 1. The molecular formula is C10H12INO2S. The van der Waals surface area contributed by atoms with Crippen LogP contribution in [0.1, 0.15) is 23.2 Å². The molecule has 2 heterocycles. The Morgan fingerprint density at radius 1 is 1.53 bits per heavy atom. The minimum atomic E-state index is 0.0427. The van der Waals surface area contributed by atoms with Crippen molar-refractivity contribution in [2.75, 3.05) is 13.2 Å². The summed E-state index contributed by atoms with van der Waals surface area (Å²) in [5, 5.41) is 4.93. The van der Waals surface area contributed by atoms with Crippen molar-refractivity contribution in [3.63, 3.8) is 0 Å². The van der Waals surface area contributed by atoms with E-state index in [2.05, 4.69) is 27.9 Å². The van der Waals surface area contributed by atoms with Gasteiger partial charge in [0, 0.05) is 24.6 Å². The molecule has 1 amide bonds. The number of rotatable bonds is 2. The summed E-state index contributed by atoms with van der Waals surface area (Å²) in [7, 11) is 0. The van der Waals surface area contributed by atoms with E-state index in [0.717, 1.165) is 34.5 Å². The molecule has 1 N–H and O–H groups in total. The number of amides is 1.